The minimum atomic E-state index is -0.832. The summed E-state index contributed by atoms with van der Waals surface area (Å²) in [5.74, 6) is 0.504. The van der Waals surface area contributed by atoms with E-state index in [0.717, 1.165) is 19.3 Å². The smallest absolute Gasteiger partial charge is 0.243 e. The third-order valence-corrected chi connectivity index (χ3v) is 3.68. The van der Waals surface area contributed by atoms with E-state index in [-0.39, 0.29) is 5.91 Å². The fraction of sp³-hybridized carbons (Fsp3) is 0.571. The summed E-state index contributed by atoms with van der Waals surface area (Å²) in [4.78, 5) is 22.3. The maximum Gasteiger partial charge on any atom is 0.243 e. The molecule has 1 aliphatic carbocycles. The van der Waals surface area contributed by atoms with Crippen molar-refractivity contribution in [2.24, 2.45) is 5.41 Å². The van der Waals surface area contributed by atoms with E-state index < -0.39 is 5.41 Å². The largest absolute Gasteiger partial charge is 0.337 e. The lowest BCUT2D eigenvalue weighted by Crippen LogP contribution is -2.42. The van der Waals surface area contributed by atoms with Gasteiger partial charge >= 0.3 is 0 Å². The van der Waals surface area contributed by atoms with Crippen molar-refractivity contribution in [2.75, 3.05) is 7.05 Å². The first-order valence-corrected chi connectivity index (χ1v) is 6.61. The summed E-state index contributed by atoms with van der Waals surface area (Å²) in [6, 6.07) is 3.99. The minimum absolute atomic E-state index is 0.0952. The number of aromatic nitrogens is 2. The molecule has 0 saturated heterocycles. The zero-order chi connectivity index (χ0) is 13.7. The molecule has 1 aliphatic rings. The van der Waals surface area contributed by atoms with Crippen LogP contribution in [0.2, 0.25) is 0 Å². The lowest BCUT2D eigenvalue weighted by atomic mass is 9.74. The predicted octanol–water partition coefficient (Wildman–Crippen LogP) is 1.91. The molecule has 0 N–H and O–H groups in total. The Morgan fingerprint density at radius 1 is 1.37 bits per heavy atom. The van der Waals surface area contributed by atoms with Crippen LogP contribution in [0, 0.1) is 16.7 Å². The molecular weight excluding hydrogens is 240 g/mol. The molecule has 100 valence electrons. The van der Waals surface area contributed by atoms with Crippen LogP contribution >= 0.6 is 0 Å². The molecule has 0 radical (unpaired) electrons. The van der Waals surface area contributed by atoms with Crippen LogP contribution in [0.15, 0.2) is 18.5 Å². The van der Waals surface area contributed by atoms with Gasteiger partial charge in [0.05, 0.1) is 12.6 Å². The first-order valence-electron chi connectivity index (χ1n) is 6.61. The number of hydrogen-bond donors (Lipinski definition) is 0. The molecule has 1 heterocycles. The van der Waals surface area contributed by atoms with Crippen LogP contribution < -0.4 is 0 Å². The van der Waals surface area contributed by atoms with Gasteiger partial charge in [-0.05, 0) is 18.9 Å². The third-order valence-electron chi connectivity index (χ3n) is 3.68. The van der Waals surface area contributed by atoms with Crippen molar-refractivity contribution < 1.29 is 4.79 Å². The Morgan fingerprint density at radius 3 is 2.58 bits per heavy atom. The molecule has 5 heteroatoms. The Balaban J connectivity index is 2.08. The van der Waals surface area contributed by atoms with Crippen LogP contribution in [0.1, 0.15) is 37.9 Å². The fourth-order valence-electron chi connectivity index (χ4n) is 2.59. The Morgan fingerprint density at radius 2 is 2.00 bits per heavy atom. The van der Waals surface area contributed by atoms with E-state index in [2.05, 4.69) is 16.0 Å². The van der Waals surface area contributed by atoms with Gasteiger partial charge in [-0.15, -0.1) is 0 Å². The van der Waals surface area contributed by atoms with Crippen LogP contribution in [0.4, 0.5) is 0 Å². The molecule has 0 unspecified atom stereocenters. The summed E-state index contributed by atoms with van der Waals surface area (Å²) in [6.07, 6.45) is 7.67. The SMILES string of the molecule is CN(Cc1ncccn1)C(=O)C1(C#N)CCCCC1. The first-order chi connectivity index (χ1) is 9.18. The quantitative estimate of drug-likeness (QED) is 0.830. The Kier molecular flexibility index (Phi) is 4.10. The highest BCUT2D eigenvalue weighted by Gasteiger charge is 2.41. The van der Waals surface area contributed by atoms with E-state index in [1.54, 1.807) is 30.4 Å². The van der Waals surface area contributed by atoms with Gasteiger partial charge in [-0.3, -0.25) is 4.79 Å². The topological polar surface area (TPSA) is 69.9 Å². The van der Waals surface area contributed by atoms with Crippen LogP contribution in [0.25, 0.3) is 0 Å². The van der Waals surface area contributed by atoms with Crippen LogP contribution in [-0.4, -0.2) is 27.8 Å². The molecule has 1 amide bonds. The summed E-state index contributed by atoms with van der Waals surface area (Å²) in [6.45, 7) is 0.350. The van der Waals surface area contributed by atoms with Crippen LogP contribution in [-0.2, 0) is 11.3 Å². The maximum absolute atomic E-state index is 12.5. The molecule has 1 saturated carbocycles. The minimum Gasteiger partial charge on any atom is -0.337 e. The number of amides is 1. The summed E-state index contributed by atoms with van der Waals surface area (Å²) in [7, 11) is 1.71. The molecule has 0 spiro atoms. The highest BCUT2D eigenvalue weighted by Crippen LogP contribution is 2.37. The number of rotatable bonds is 3. The van der Waals surface area contributed by atoms with Crippen molar-refractivity contribution in [3.8, 4) is 6.07 Å². The van der Waals surface area contributed by atoms with Gasteiger partial charge in [0.15, 0.2) is 0 Å². The number of carbonyl (C=O) groups is 1. The summed E-state index contributed by atoms with van der Waals surface area (Å²) < 4.78 is 0. The molecule has 0 aliphatic heterocycles. The molecular formula is C14H18N4O. The number of nitriles is 1. The van der Waals surface area contributed by atoms with E-state index in [0.29, 0.717) is 25.2 Å². The van der Waals surface area contributed by atoms with Gasteiger partial charge in [-0.2, -0.15) is 5.26 Å². The normalized spacial score (nSPS) is 17.5. The van der Waals surface area contributed by atoms with E-state index in [1.165, 1.54) is 0 Å². The van der Waals surface area contributed by atoms with E-state index in [1.807, 2.05) is 0 Å². The van der Waals surface area contributed by atoms with Crippen LogP contribution in [0.5, 0.6) is 0 Å². The molecule has 0 aromatic carbocycles. The van der Waals surface area contributed by atoms with Crippen LogP contribution in [0.3, 0.4) is 0 Å². The Hall–Kier alpha value is -1.96. The first kappa shape index (κ1) is 13.5. The van der Waals surface area contributed by atoms with Crippen molar-refractivity contribution in [2.45, 2.75) is 38.6 Å². The molecule has 1 fully saturated rings. The van der Waals surface area contributed by atoms with Crippen molar-refractivity contribution in [1.29, 1.82) is 5.26 Å². The highest BCUT2D eigenvalue weighted by molar-refractivity contribution is 5.85. The van der Waals surface area contributed by atoms with Crippen molar-refractivity contribution in [3.63, 3.8) is 0 Å². The average Bonchev–Trinajstić information content (AvgIpc) is 2.48. The molecule has 0 atom stereocenters. The van der Waals surface area contributed by atoms with Gasteiger partial charge in [0.1, 0.15) is 11.2 Å². The third kappa shape index (κ3) is 2.90. The molecule has 1 aromatic heterocycles. The Labute approximate surface area is 113 Å². The number of hydrogen-bond acceptors (Lipinski definition) is 4. The van der Waals surface area contributed by atoms with Gasteiger partial charge in [-0.25, -0.2) is 9.97 Å². The highest BCUT2D eigenvalue weighted by atomic mass is 16.2. The Bertz CT molecular complexity index is 474. The lowest BCUT2D eigenvalue weighted by molar-refractivity contribution is -0.139. The summed E-state index contributed by atoms with van der Waals surface area (Å²) in [5.41, 5.74) is -0.832. The second kappa shape index (κ2) is 5.79. The second-order valence-electron chi connectivity index (χ2n) is 5.08. The van der Waals surface area contributed by atoms with Gasteiger partial charge in [0, 0.05) is 19.4 Å². The van der Waals surface area contributed by atoms with Gasteiger partial charge < -0.3 is 4.90 Å². The molecule has 2 rings (SSSR count). The van der Waals surface area contributed by atoms with Gasteiger partial charge in [0.25, 0.3) is 0 Å². The monoisotopic (exact) mass is 258 g/mol. The van der Waals surface area contributed by atoms with Gasteiger partial charge in [-0.1, -0.05) is 19.3 Å². The fourth-order valence-corrected chi connectivity index (χ4v) is 2.59. The van der Waals surface area contributed by atoms with Crippen molar-refractivity contribution in [3.05, 3.63) is 24.3 Å². The van der Waals surface area contributed by atoms with Crippen molar-refractivity contribution >= 4 is 5.91 Å². The predicted molar refractivity (Wildman–Crippen MR) is 69.6 cm³/mol. The summed E-state index contributed by atoms with van der Waals surface area (Å²) in [5, 5.41) is 9.40. The average molecular weight is 258 g/mol. The van der Waals surface area contributed by atoms with E-state index >= 15 is 0 Å². The van der Waals surface area contributed by atoms with Gasteiger partial charge in [0.2, 0.25) is 5.91 Å². The maximum atomic E-state index is 12.5. The van der Waals surface area contributed by atoms with E-state index in [9.17, 15) is 10.1 Å². The summed E-state index contributed by atoms with van der Waals surface area (Å²) >= 11 is 0. The molecule has 1 aromatic rings. The number of carbonyl (C=O) groups excluding carboxylic acids is 1. The standard InChI is InChI=1S/C14H18N4O/c1-18(10-12-16-8-5-9-17-12)13(19)14(11-15)6-3-2-4-7-14/h5,8-9H,2-4,6-7,10H2,1H3. The van der Waals surface area contributed by atoms with E-state index in [4.69, 9.17) is 0 Å². The molecule has 19 heavy (non-hydrogen) atoms. The molecule has 0 bridgehead atoms. The van der Waals surface area contributed by atoms with Crippen molar-refractivity contribution in [1.82, 2.24) is 14.9 Å². The second-order valence-corrected chi connectivity index (χ2v) is 5.08. The zero-order valence-electron chi connectivity index (χ0n) is 11.2. The molecule has 5 nitrogen and oxygen atoms in total. The zero-order valence-corrected chi connectivity index (χ0v) is 11.2. The number of nitrogens with zero attached hydrogens (tertiary/aromatic N) is 4. The lowest BCUT2D eigenvalue weighted by Gasteiger charge is -2.32.